The summed E-state index contributed by atoms with van der Waals surface area (Å²) in [5.41, 5.74) is 1.99. The minimum absolute atomic E-state index is 0.0805. The fraction of sp³-hybridized carbons (Fsp3) is 0.200. The van der Waals surface area contributed by atoms with E-state index in [2.05, 4.69) is 17.2 Å². The number of anilines is 2. The molecule has 0 saturated heterocycles. The topological polar surface area (TPSA) is 70.7 Å². The van der Waals surface area contributed by atoms with Crippen LogP contribution in [0.5, 0.6) is 5.75 Å². The van der Waals surface area contributed by atoms with E-state index in [1.54, 1.807) is 44.4 Å². The molecule has 0 aliphatic rings. The first-order chi connectivity index (χ1) is 12.5. The molecule has 0 atom stereocenters. The van der Waals surface area contributed by atoms with Gasteiger partial charge in [-0.3, -0.25) is 9.59 Å². The molecule has 0 unspecified atom stereocenters. The standard InChI is InChI=1S/C20H23N3O3/c1-4-12-26-18-7-5-6-17(13-18)21-14-19(24)22-16-10-8-15(9-11-16)20(25)23(2)3/h4-11,13,21H,1,12,14H2,2-3H3,(H,22,24). The van der Waals surface area contributed by atoms with E-state index >= 15 is 0 Å². The first kappa shape index (κ1) is 19.1. The zero-order valence-corrected chi connectivity index (χ0v) is 15.0. The van der Waals surface area contributed by atoms with Crippen LogP contribution < -0.4 is 15.4 Å². The van der Waals surface area contributed by atoms with Crippen molar-refractivity contribution in [2.24, 2.45) is 0 Å². The van der Waals surface area contributed by atoms with Crippen molar-refractivity contribution in [2.45, 2.75) is 0 Å². The highest BCUT2D eigenvalue weighted by Gasteiger charge is 2.08. The fourth-order valence-electron chi connectivity index (χ4n) is 2.19. The van der Waals surface area contributed by atoms with E-state index in [4.69, 9.17) is 4.74 Å². The molecule has 2 N–H and O–H groups in total. The minimum Gasteiger partial charge on any atom is -0.489 e. The van der Waals surface area contributed by atoms with Crippen molar-refractivity contribution in [3.05, 3.63) is 66.7 Å². The van der Waals surface area contributed by atoms with Crippen LogP contribution in [0.3, 0.4) is 0 Å². The molecule has 2 rings (SSSR count). The number of hydrogen-bond acceptors (Lipinski definition) is 4. The highest BCUT2D eigenvalue weighted by Crippen LogP contribution is 2.17. The molecule has 0 aliphatic heterocycles. The Bertz CT molecular complexity index is 770. The van der Waals surface area contributed by atoms with Gasteiger partial charge in [0, 0.05) is 37.1 Å². The summed E-state index contributed by atoms with van der Waals surface area (Å²) in [4.78, 5) is 25.4. The predicted octanol–water partition coefficient (Wildman–Crippen LogP) is 3.00. The molecule has 6 nitrogen and oxygen atoms in total. The van der Waals surface area contributed by atoms with Gasteiger partial charge in [-0.05, 0) is 36.4 Å². The Hall–Kier alpha value is -3.28. The first-order valence-corrected chi connectivity index (χ1v) is 8.19. The Kier molecular flexibility index (Phi) is 6.79. The third kappa shape index (κ3) is 5.66. The maximum atomic E-state index is 12.1. The van der Waals surface area contributed by atoms with E-state index in [0.717, 1.165) is 5.69 Å². The Labute approximate surface area is 153 Å². The van der Waals surface area contributed by atoms with Crippen LogP contribution in [0.2, 0.25) is 0 Å². The van der Waals surface area contributed by atoms with Crippen molar-refractivity contribution in [1.82, 2.24) is 4.90 Å². The van der Waals surface area contributed by atoms with E-state index in [9.17, 15) is 9.59 Å². The van der Waals surface area contributed by atoms with Crippen LogP contribution >= 0.6 is 0 Å². The zero-order chi connectivity index (χ0) is 18.9. The van der Waals surface area contributed by atoms with E-state index in [0.29, 0.717) is 23.6 Å². The quantitative estimate of drug-likeness (QED) is 0.716. The summed E-state index contributed by atoms with van der Waals surface area (Å²) in [5.74, 6) is 0.439. The van der Waals surface area contributed by atoms with Gasteiger partial charge in [0.1, 0.15) is 12.4 Å². The normalized spacial score (nSPS) is 9.92. The lowest BCUT2D eigenvalue weighted by molar-refractivity contribution is -0.114. The van der Waals surface area contributed by atoms with Gasteiger partial charge in [-0.1, -0.05) is 18.7 Å². The molecule has 0 saturated carbocycles. The summed E-state index contributed by atoms with van der Waals surface area (Å²) in [5, 5.41) is 5.83. The summed E-state index contributed by atoms with van der Waals surface area (Å²) >= 11 is 0. The molecule has 0 radical (unpaired) electrons. The molecular weight excluding hydrogens is 330 g/mol. The second kappa shape index (κ2) is 9.27. The van der Waals surface area contributed by atoms with Crippen molar-refractivity contribution < 1.29 is 14.3 Å². The van der Waals surface area contributed by atoms with E-state index in [1.807, 2.05) is 24.3 Å². The number of amides is 2. The van der Waals surface area contributed by atoms with Crippen LogP contribution in [0.1, 0.15) is 10.4 Å². The van der Waals surface area contributed by atoms with Crippen molar-refractivity contribution in [1.29, 1.82) is 0 Å². The maximum Gasteiger partial charge on any atom is 0.253 e. The summed E-state index contributed by atoms with van der Waals surface area (Å²) in [6.45, 7) is 4.15. The molecule has 2 aromatic rings. The SMILES string of the molecule is C=CCOc1cccc(NCC(=O)Nc2ccc(C(=O)N(C)C)cc2)c1. The zero-order valence-electron chi connectivity index (χ0n) is 15.0. The number of carbonyl (C=O) groups is 2. The van der Waals surface area contributed by atoms with Crippen molar-refractivity contribution >= 4 is 23.2 Å². The molecule has 0 heterocycles. The van der Waals surface area contributed by atoms with Crippen LogP contribution in [0.15, 0.2) is 61.2 Å². The number of nitrogens with zero attached hydrogens (tertiary/aromatic N) is 1. The molecule has 2 aromatic carbocycles. The van der Waals surface area contributed by atoms with Gasteiger partial charge < -0.3 is 20.3 Å². The number of nitrogens with one attached hydrogen (secondary N) is 2. The molecule has 0 aromatic heterocycles. The fourth-order valence-corrected chi connectivity index (χ4v) is 2.19. The highest BCUT2D eigenvalue weighted by molar-refractivity contribution is 5.96. The number of benzene rings is 2. The van der Waals surface area contributed by atoms with Crippen molar-refractivity contribution in [3.63, 3.8) is 0 Å². The summed E-state index contributed by atoms with van der Waals surface area (Å²) in [6.07, 6.45) is 1.67. The molecule has 0 aliphatic carbocycles. The van der Waals surface area contributed by atoms with Gasteiger partial charge >= 0.3 is 0 Å². The van der Waals surface area contributed by atoms with Crippen LogP contribution in [0.4, 0.5) is 11.4 Å². The summed E-state index contributed by atoms with van der Waals surface area (Å²) in [6, 6.07) is 14.1. The minimum atomic E-state index is -0.186. The van der Waals surface area contributed by atoms with Crippen LogP contribution in [-0.2, 0) is 4.79 Å². The summed E-state index contributed by atoms with van der Waals surface area (Å²) < 4.78 is 5.46. The molecule has 2 amide bonds. The molecule has 26 heavy (non-hydrogen) atoms. The van der Waals surface area contributed by atoms with Crippen molar-refractivity contribution in [2.75, 3.05) is 37.9 Å². The third-order valence-electron chi connectivity index (χ3n) is 3.48. The van der Waals surface area contributed by atoms with Gasteiger partial charge in [-0.25, -0.2) is 0 Å². The molecule has 0 bridgehead atoms. The van der Waals surface area contributed by atoms with Gasteiger partial charge in [0.15, 0.2) is 0 Å². The van der Waals surface area contributed by atoms with Crippen molar-refractivity contribution in [3.8, 4) is 5.75 Å². The Morgan fingerprint density at radius 3 is 2.50 bits per heavy atom. The number of hydrogen-bond donors (Lipinski definition) is 2. The molecule has 0 spiro atoms. The Balaban J connectivity index is 1.87. The predicted molar refractivity (Wildman–Crippen MR) is 104 cm³/mol. The van der Waals surface area contributed by atoms with Gasteiger partial charge in [0.05, 0.1) is 6.54 Å². The largest absolute Gasteiger partial charge is 0.489 e. The molecule has 6 heteroatoms. The van der Waals surface area contributed by atoms with E-state index in [-0.39, 0.29) is 18.4 Å². The smallest absolute Gasteiger partial charge is 0.253 e. The van der Waals surface area contributed by atoms with E-state index in [1.165, 1.54) is 4.90 Å². The second-order valence-electron chi connectivity index (χ2n) is 5.81. The Morgan fingerprint density at radius 1 is 1.12 bits per heavy atom. The first-order valence-electron chi connectivity index (χ1n) is 8.19. The summed E-state index contributed by atoms with van der Waals surface area (Å²) in [7, 11) is 3.39. The van der Waals surface area contributed by atoms with Gasteiger partial charge in [0.2, 0.25) is 5.91 Å². The number of carbonyl (C=O) groups excluding carboxylic acids is 2. The average Bonchev–Trinajstić information content (AvgIpc) is 2.65. The van der Waals surface area contributed by atoms with Gasteiger partial charge in [0.25, 0.3) is 5.91 Å². The highest BCUT2D eigenvalue weighted by atomic mass is 16.5. The van der Waals surface area contributed by atoms with Crippen LogP contribution in [0.25, 0.3) is 0 Å². The average molecular weight is 353 g/mol. The Morgan fingerprint density at radius 2 is 1.85 bits per heavy atom. The third-order valence-corrected chi connectivity index (χ3v) is 3.48. The maximum absolute atomic E-state index is 12.1. The lowest BCUT2D eigenvalue weighted by atomic mass is 10.2. The van der Waals surface area contributed by atoms with Crippen LogP contribution in [0, 0.1) is 0 Å². The monoisotopic (exact) mass is 353 g/mol. The molecule has 0 fully saturated rings. The van der Waals surface area contributed by atoms with E-state index < -0.39 is 0 Å². The van der Waals surface area contributed by atoms with Gasteiger partial charge in [-0.15, -0.1) is 0 Å². The molecule has 136 valence electrons. The molecular formula is C20H23N3O3. The van der Waals surface area contributed by atoms with Crippen LogP contribution in [-0.4, -0.2) is 44.0 Å². The second-order valence-corrected chi connectivity index (χ2v) is 5.81. The number of rotatable bonds is 8. The lowest BCUT2D eigenvalue weighted by Crippen LogP contribution is -2.23. The number of ether oxygens (including phenoxy) is 1. The lowest BCUT2D eigenvalue weighted by Gasteiger charge is -2.11. The van der Waals surface area contributed by atoms with Gasteiger partial charge in [-0.2, -0.15) is 0 Å².